The number of hydrogen-bond acceptors (Lipinski definition) is 3. The van der Waals surface area contributed by atoms with Crippen LogP contribution in [0.5, 0.6) is 0 Å². The van der Waals surface area contributed by atoms with Gasteiger partial charge in [-0.3, -0.25) is 0 Å². The zero-order valence-electron chi connectivity index (χ0n) is 8.96. The first-order chi connectivity index (χ1) is 6.74. The first-order valence-corrected chi connectivity index (χ1v) is 5.16. The van der Waals surface area contributed by atoms with Crippen LogP contribution in [0.4, 0.5) is 5.82 Å². The first-order valence-electron chi connectivity index (χ1n) is 5.16. The minimum Gasteiger partial charge on any atom is -0.383 e. The van der Waals surface area contributed by atoms with Gasteiger partial charge in [-0.15, -0.1) is 0 Å². The Morgan fingerprint density at radius 2 is 2.36 bits per heavy atom. The van der Waals surface area contributed by atoms with E-state index in [1.54, 1.807) is 6.20 Å². The van der Waals surface area contributed by atoms with E-state index in [-0.39, 0.29) is 0 Å². The molecule has 0 saturated carbocycles. The summed E-state index contributed by atoms with van der Waals surface area (Å²) >= 11 is 0. The topological polar surface area (TPSA) is 50.9 Å². The van der Waals surface area contributed by atoms with Crippen molar-refractivity contribution in [1.82, 2.24) is 10.3 Å². The highest BCUT2D eigenvalue weighted by molar-refractivity contribution is 5.38. The van der Waals surface area contributed by atoms with E-state index in [9.17, 15) is 0 Å². The van der Waals surface area contributed by atoms with Gasteiger partial charge in [-0.1, -0.05) is 13.0 Å². The number of aryl methyl sites for hydroxylation is 1. The van der Waals surface area contributed by atoms with Crippen molar-refractivity contribution in [2.45, 2.75) is 32.7 Å². The lowest BCUT2D eigenvalue weighted by Gasteiger charge is -2.12. The lowest BCUT2D eigenvalue weighted by atomic mass is 10.1. The summed E-state index contributed by atoms with van der Waals surface area (Å²) in [7, 11) is 0. The predicted molar refractivity (Wildman–Crippen MR) is 60.1 cm³/mol. The summed E-state index contributed by atoms with van der Waals surface area (Å²) in [5, 5.41) is 3.37. The van der Waals surface area contributed by atoms with E-state index in [4.69, 9.17) is 5.73 Å². The molecular weight excluding hydrogens is 174 g/mol. The van der Waals surface area contributed by atoms with Crippen LogP contribution in [0.25, 0.3) is 0 Å². The van der Waals surface area contributed by atoms with E-state index in [1.807, 2.05) is 12.1 Å². The number of nitrogens with one attached hydrogen (secondary N) is 1. The molecule has 1 aromatic heterocycles. The molecule has 0 bridgehead atoms. The largest absolute Gasteiger partial charge is 0.383 e. The molecule has 0 fully saturated rings. The molecule has 0 aromatic carbocycles. The zero-order valence-corrected chi connectivity index (χ0v) is 8.96. The molecule has 0 radical (unpaired) electrons. The molecule has 1 aromatic rings. The van der Waals surface area contributed by atoms with Crippen LogP contribution >= 0.6 is 0 Å². The Hall–Kier alpha value is -1.09. The molecule has 1 heterocycles. The second kappa shape index (κ2) is 5.60. The van der Waals surface area contributed by atoms with Crippen LogP contribution in [-0.4, -0.2) is 17.6 Å². The average Bonchev–Trinajstić information content (AvgIpc) is 2.17. The van der Waals surface area contributed by atoms with Gasteiger partial charge in [0.1, 0.15) is 5.82 Å². The van der Waals surface area contributed by atoms with Gasteiger partial charge in [-0.05, 0) is 37.9 Å². The van der Waals surface area contributed by atoms with Crippen molar-refractivity contribution < 1.29 is 0 Å². The summed E-state index contributed by atoms with van der Waals surface area (Å²) in [6.45, 7) is 5.33. The first kappa shape index (κ1) is 11.0. The van der Waals surface area contributed by atoms with Gasteiger partial charge in [-0.2, -0.15) is 0 Å². The third-order valence-electron chi connectivity index (χ3n) is 2.33. The van der Waals surface area contributed by atoms with Crippen LogP contribution in [-0.2, 0) is 6.42 Å². The van der Waals surface area contributed by atoms with Gasteiger partial charge in [-0.25, -0.2) is 4.98 Å². The number of nitrogen functional groups attached to an aromatic ring is 1. The summed E-state index contributed by atoms with van der Waals surface area (Å²) in [5.74, 6) is 0.663. The number of hydrogen-bond donors (Lipinski definition) is 2. The number of aromatic nitrogens is 1. The molecule has 0 aliphatic rings. The van der Waals surface area contributed by atoms with E-state index < -0.39 is 0 Å². The van der Waals surface area contributed by atoms with Gasteiger partial charge in [0, 0.05) is 12.2 Å². The SMILES string of the molecule is CCNC(C)CCc1cccnc1N. The molecule has 1 rings (SSSR count). The van der Waals surface area contributed by atoms with Crippen molar-refractivity contribution >= 4 is 5.82 Å². The van der Waals surface area contributed by atoms with Crippen LogP contribution in [0.15, 0.2) is 18.3 Å². The monoisotopic (exact) mass is 193 g/mol. The van der Waals surface area contributed by atoms with Crippen molar-refractivity contribution in [2.24, 2.45) is 0 Å². The molecule has 0 aliphatic carbocycles. The molecular formula is C11H19N3. The van der Waals surface area contributed by atoms with E-state index in [0.717, 1.165) is 24.9 Å². The molecule has 0 saturated heterocycles. The highest BCUT2D eigenvalue weighted by atomic mass is 14.9. The molecule has 3 heteroatoms. The van der Waals surface area contributed by atoms with Gasteiger partial charge in [0.15, 0.2) is 0 Å². The number of nitrogens with zero attached hydrogens (tertiary/aromatic N) is 1. The van der Waals surface area contributed by atoms with Crippen molar-refractivity contribution in [1.29, 1.82) is 0 Å². The van der Waals surface area contributed by atoms with Gasteiger partial charge in [0.05, 0.1) is 0 Å². The van der Waals surface area contributed by atoms with Crippen LogP contribution in [0.3, 0.4) is 0 Å². The Labute approximate surface area is 85.7 Å². The lowest BCUT2D eigenvalue weighted by molar-refractivity contribution is 0.531. The molecule has 14 heavy (non-hydrogen) atoms. The van der Waals surface area contributed by atoms with Gasteiger partial charge < -0.3 is 11.1 Å². The molecule has 0 amide bonds. The van der Waals surface area contributed by atoms with Gasteiger partial charge in [0.2, 0.25) is 0 Å². The molecule has 1 unspecified atom stereocenters. The highest BCUT2D eigenvalue weighted by Gasteiger charge is 2.03. The van der Waals surface area contributed by atoms with Crippen molar-refractivity contribution in [3.8, 4) is 0 Å². The van der Waals surface area contributed by atoms with Crippen molar-refractivity contribution in [2.75, 3.05) is 12.3 Å². The van der Waals surface area contributed by atoms with E-state index >= 15 is 0 Å². The van der Waals surface area contributed by atoms with Crippen LogP contribution in [0.1, 0.15) is 25.8 Å². The maximum Gasteiger partial charge on any atom is 0.126 e. The fourth-order valence-corrected chi connectivity index (χ4v) is 1.48. The normalized spacial score (nSPS) is 12.7. The molecule has 0 aliphatic heterocycles. The Morgan fingerprint density at radius 1 is 1.57 bits per heavy atom. The highest BCUT2D eigenvalue weighted by Crippen LogP contribution is 2.10. The standard InChI is InChI=1S/C11H19N3/c1-3-13-9(2)6-7-10-5-4-8-14-11(10)12/h4-5,8-9,13H,3,6-7H2,1-2H3,(H2,12,14). The zero-order chi connectivity index (χ0) is 10.4. The molecule has 3 N–H and O–H groups in total. The predicted octanol–water partition coefficient (Wildman–Crippen LogP) is 1.59. The summed E-state index contributed by atoms with van der Waals surface area (Å²) in [5.41, 5.74) is 6.90. The molecule has 3 nitrogen and oxygen atoms in total. The van der Waals surface area contributed by atoms with E-state index in [0.29, 0.717) is 11.9 Å². The molecule has 0 spiro atoms. The Kier molecular flexibility index (Phi) is 4.40. The minimum absolute atomic E-state index is 0.541. The Balaban J connectivity index is 2.41. The van der Waals surface area contributed by atoms with Gasteiger partial charge >= 0.3 is 0 Å². The summed E-state index contributed by atoms with van der Waals surface area (Å²) in [6, 6.07) is 4.52. The van der Waals surface area contributed by atoms with Crippen LogP contribution in [0, 0.1) is 0 Å². The van der Waals surface area contributed by atoms with Gasteiger partial charge in [0.25, 0.3) is 0 Å². The summed E-state index contributed by atoms with van der Waals surface area (Å²) < 4.78 is 0. The maximum absolute atomic E-state index is 5.75. The number of pyridine rings is 1. The van der Waals surface area contributed by atoms with Crippen LogP contribution < -0.4 is 11.1 Å². The fraction of sp³-hybridized carbons (Fsp3) is 0.545. The van der Waals surface area contributed by atoms with Crippen molar-refractivity contribution in [3.05, 3.63) is 23.9 Å². The maximum atomic E-state index is 5.75. The quantitative estimate of drug-likeness (QED) is 0.746. The smallest absolute Gasteiger partial charge is 0.126 e. The third kappa shape index (κ3) is 3.34. The average molecular weight is 193 g/mol. The second-order valence-electron chi connectivity index (χ2n) is 3.55. The molecule has 1 atom stereocenters. The number of rotatable bonds is 5. The Bertz CT molecular complexity index is 273. The summed E-state index contributed by atoms with van der Waals surface area (Å²) in [4.78, 5) is 4.06. The molecule has 78 valence electrons. The third-order valence-corrected chi connectivity index (χ3v) is 2.33. The van der Waals surface area contributed by atoms with Crippen LogP contribution in [0.2, 0.25) is 0 Å². The summed E-state index contributed by atoms with van der Waals surface area (Å²) in [6.07, 6.45) is 3.82. The Morgan fingerprint density at radius 3 is 3.00 bits per heavy atom. The number of anilines is 1. The minimum atomic E-state index is 0.541. The second-order valence-corrected chi connectivity index (χ2v) is 3.55. The fourth-order valence-electron chi connectivity index (χ4n) is 1.48. The van der Waals surface area contributed by atoms with E-state index in [1.165, 1.54) is 0 Å². The number of nitrogens with two attached hydrogens (primary N) is 1. The van der Waals surface area contributed by atoms with Crippen molar-refractivity contribution in [3.63, 3.8) is 0 Å². The van der Waals surface area contributed by atoms with E-state index in [2.05, 4.69) is 24.1 Å². The lowest BCUT2D eigenvalue weighted by Crippen LogP contribution is -2.26.